The smallest absolute Gasteiger partial charge is 0.365 e. The van der Waals surface area contributed by atoms with E-state index in [2.05, 4.69) is 0 Å². The maximum atomic E-state index is 6.23. The highest BCUT2D eigenvalue weighted by Gasteiger charge is 2.48. The molecule has 114 valence electrons. The first-order valence-corrected chi connectivity index (χ1v) is 8.73. The summed E-state index contributed by atoms with van der Waals surface area (Å²) in [6.07, 6.45) is 1.95. The first kappa shape index (κ1) is 18.8. The van der Waals surface area contributed by atoms with Crippen molar-refractivity contribution in [2.24, 2.45) is 0 Å². The van der Waals surface area contributed by atoms with Crippen molar-refractivity contribution in [3.63, 3.8) is 0 Å². The molecule has 0 aliphatic heterocycles. The van der Waals surface area contributed by atoms with Crippen molar-refractivity contribution in [3.05, 3.63) is 11.8 Å². The van der Waals surface area contributed by atoms with Gasteiger partial charge in [0.15, 0.2) is 0 Å². The van der Waals surface area contributed by atoms with Gasteiger partial charge >= 0.3 is 8.80 Å². The molecule has 0 radical (unpaired) electrons. The Balaban J connectivity index is 5.47. The Morgan fingerprint density at radius 3 is 1.05 bits per heavy atom. The molecular weight excluding hydrogens is 256 g/mol. The first-order valence-electron chi connectivity index (χ1n) is 6.92. The third kappa shape index (κ3) is 9.38. The molecule has 0 rings (SSSR count). The molecule has 0 aliphatic rings. The zero-order valence-electron chi connectivity index (χ0n) is 14.4. The minimum absolute atomic E-state index is 0.317. The normalized spacial score (nSPS) is 15.3. The van der Waals surface area contributed by atoms with Gasteiger partial charge in [0.05, 0.1) is 16.8 Å². The third-order valence-electron chi connectivity index (χ3n) is 1.72. The molecule has 19 heavy (non-hydrogen) atoms. The van der Waals surface area contributed by atoms with Gasteiger partial charge in [-0.3, -0.25) is 0 Å². The van der Waals surface area contributed by atoms with Gasteiger partial charge in [0.25, 0.3) is 0 Å². The standard InChI is InChI=1S/C15H32O3Si/c1-11-12-19(16-13(2,3)4,17-14(5,6)7)18-15(8,9)10/h11-12H,1-10H3/b12-11+. The van der Waals surface area contributed by atoms with Gasteiger partial charge in [-0.2, -0.15) is 0 Å². The van der Waals surface area contributed by atoms with E-state index in [1.807, 2.05) is 81.0 Å². The topological polar surface area (TPSA) is 27.7 Å². The van der Waals surface area contributed by atoms with Gasteiger partial charge in [-0.1, -0.05) is 6.08 Å². The van der Waals surface area contributed by atoms with E-state index >= 15 is 0 Å². The van der Waals surface area contributed by atoms with Crippen LogP contribution in [0.3, 0.4) is 0 Å². The van der Waals surface area contributed by atoms with Crippen LogP contribution in [0.1, 0.15) is 69.2 Å². The molecular formula is C15H32O3Si. The van der Waals surface area contributed by atoms with Crippen LogP contribution in [0.4, 0.5) is 0 Å². The number of allylic oxidation sites excluding steroid dienone is 1. The third-order valence-corrected chi connectivity index (χ3v) is 5.15. The average molecular weight is 289 g/mol. The molecule has 3 nitrogen and oxygen atoms in total. The van der Waals surface area contributed by atoms with E-state index in [0.29, 0.717) is 0 Å². The second-order valence-electron chi connectivity index (χ2n) is 7.75. The summed E-state index contributed by atoms with van der Waals surface area (Å²) in [7, 11) is -2.88. The average Bonchev–Trinajstić information content (AvgIpc) is 1.90. The SMILES string of the molecule is C/C=C/[Si](OC(C)(C)C)(OC(C)(C)C)OC(C)(C)C. The molecule has 0 N–H and O–H groups in total. The second kappa shape index (κ2) is 6.08. The molecule has 0 aliphatic carbocycles. The molecule has 0 atom stereocenters. The Morgan fingerprint density at radius 2 is 0.895 bits per heavy atom. The van der Waals surface area contributed by atoms with Crippen LogP contribution < -0.4 is 0 Å². The van der Waals surface area contributed by atoms with Crippen molar-refractivity contribution < 1.29 is 13.3 Å². The van der Waals surface area contributed by atoms with E-state index in [1.54, 1.807) is 0 Å². The molecule has 0 saturated carbocycles. The maximum absolute atomic E-state index is 6.23. The summed E-state index contributed by atoms with van der Waals surface area (Å²) in [4.78, 5) is 0. The lowest BCUT2D eigenvalue weighted by molar-refractivity contribution is -0.0667. The Morgan fingerprint density at radius 1 is 0.632 bits per heavy atom. The van der Waals surface area contributed by atoms with E-state index < -0.39 is 8.80 Å². The lowest BCUT2D eigenvalue weighted by Crippen LogP contribution is -2.56. The van der Waals surface area contributed by atoms with Gasteiger partial charge in [-0.25, -0.2) is 0 Å². The summed E-state index contributed by atoms with van der Waals surface area (Å²) < 4.78 is 18.7. The lowest BCUT2D eigenvalue weighted by Gasteiger charge is -2.41. The van der Waals surface area contributed by atoms with Crippen LogP contribution in [0.15, 0.2) is 11.8 Å². The fraction of sp³-hybridized carbons (Fsp3) is 0.867. The second-order valence-corrected chi connectivity index (χ2v) is 9.90. The Bertz CT molecular complexity index is 262. The van der Waals surface area contributed by atoms with Gasteiger partial charge < -0.3 is 13.3 Å². The summed E-state index contributed by atoms with van der Waals surface area (Å²) in [5.74, 6) is 0. The van der Waals surface area contributed by atoms with Crippen molar-refractivity contribution in [2.45, 2.75) is 86.0 Å². The minimum Gasteiger partial charge on any atom is -0.365 e. The largest absolute Gasteiger partial charge is 0.530 e. The zero-order valence-corrected chi connectivity index (χ0v) is 15.4. The van der Waals surface area contributed by atoms with Crippen molar-refractivity contribution in [3.8, 4) is 0 Å². The van der Waals surface area contributed by atoms with Crippen LogP contribution in [-0.4, -0.2) is 25.6 Å². The summed E-state index contributed by atoms with van der Waals surface area (Å²) in [6, 6.07) is 0. The quantitative estimate of drug-likeness (QED) is 0.714. The van der Waals surface area contributed by atoms with Crippen molar-refractivity contribution in [2.75, 3.05) is 0 Å². The van der Waals surface area contributed by atoms with Gasteiger partial charge in [-0.15, -0.1) is 0 Å². The summed E-state index contributed by atoms with van der Waals surface area (Å²) >= 11 is 0. The zero-order chi connectivity index (χ0) is 15.5. The van der Waals surface area contributed by atoms with E-state index in [1.165, 1.54) is 0 Å². The summed E-state index contributed by atoms with van der Waals surface area (Å²) in [5.41, 5.74) is 1.02. The van der Waals surface area contributed by atoms with Crippen molar-refractivity contribution in [1.82, 2.24) is 0 Å². The molecule has 4 heteroatoms. The van der Waals surface area contributed by atoms with Crippen LogP contribution in [0.5, 0.6) is 0 Å². The molecule has 0 amide bonds. The highest BCUT2D eigenvalue weighted by Crippen LogP contribution is 2.29. The summed E-state index contributed by atoms with van der Waals surface area (Å²) in [5, 5.41) is 0. The highest BCUT2D eigenvalue weighted by atomic mass is 28.4. The lowest BCUT2D eigenvalue weighted by atomic mass is 10.2. The van der Waals surface area contributed by atoms with E-state index in [0.717, 1.165) is 0 Å². The van der Waals surface area contributed by atoms with Crippen LogP contribution >= 0.6 is 0 Å². The molecule has 0 fully saturated rings. The van der Waals surface area contributed by atoms with E-state index in [4.69, 9.17) is 13.3 Å². The molecule has 0 aromatic carbocycles. The van der Waals surface area contributed by atoms with Crippen LogP contribution in [0.25, 0.3) is 0 Å². The first-order chi connectivity index (χ1) is 8.18. The number of rotatable bonds is 4. The molecule has 0 aromatic heterocycles. The predicted molar refractivity (Wildman–Crippen MR) is 83.1 cm³/mol. The predicted octanol–water partition coefficient (Wildman–Crippen LogP) is 4.49. The van der Waals surface area contributed by atoms with E-state index in [9.17, 15) is 0 Å². The molecule has 0 bridgehead atoms. The van der Waals surface area contributed by atoms with Crippen LogP contribution in [-0.2, 0) is 13.3 Å². The molecule has 0 saturated heterocycles. The molecule has 0 unspecified atom stereocenters. The van der Waals surface area contributed by atoms with Gasteiger partial charge in [0.2, 0.25) is 0 Å². The molecule has 0 heterocycles. The van der Waals surface area contributed by atoms with Crippen LogP contribution in [0.2, 0.25) is 0 Å². The minimum atomic E-state index is -2.88. The van der Waals surface area contributed by atoms with Gasteiger partial charge in [0.1, 0.15) is 0 Å². The fourth-order valence-electron chi connectivity index (χ4n) is 1.65. The molecule has 0 aromatic rings. The van der Waals surface area contributed by atoms with Gasteiger partial charge in [0, 0.05) is 0 Å². The fourth-order valence-corrected chi connectivity index (χ4v) is 4.95. The molecule has 0 spiro atoms. The van der Waals surface area contributed by atoms with E-state index in [-0.39, 0.29) is 16.8 Å². The van der Waals surface area contributed by atoms with Crippen molar-refractivity contribution in [1.29, 1.82) is 0 Å². The van der Waals surface area contributed by atoms with Crippen molar-refractivity contribution >= 4 is 8.80 Å². The number of hydrogen-bond acceptors (Lipinski definition) is 3. The number of hydrogen-bond donors (Lipinski definition) is 0. The van der Waals surface area contributed by atoms with Gasteiger partial charge in [-0.05, 0) is 74.9 Å². The Kier molecular flexibility index (Phi) is 6.03. The maximum Gasteiger partial charge on any atom is 0.530 e. The monoisotopic (exact) mass is 288 g/mol. The highest BCUT2D eigenvalue weighted by molar-refractivity contribution is 6.66. The summed E-state index contributed by atoms with van der Waals surface area (Å²) in [6.45, 7) is 20.2. The Hall–Kier alpha value is -0.163. The van der Waals surface area contributed by atoms with Crippen LogP contribution in [0, 0.1) is 0 Å². The Labute approximate surface area is 120 Å².